The van der Waals surface area contributed by atoms with E-state index in [0.717, 1.165) is 44.7 Å². The number of rotatable bonds is 6. The number of sulfonamides is 1. The normalized spacial score (nSPS) is 22.2. The van der Waals surface area contributed by atoms with Gasteiger partial charge in [0.25, 0.3) is 0 Å². The van der Waals surface area contributed by atoms with Crippen LogP contribution in [0.15, 0.2) is 35.7 Å². The predicted molar refractivity (Wildman–Crippen MR) is 99.7 cm³/mol. The van der Waals surface area contributed by atoms with Crippen molar-refractivity contribution in [3.8, 4) is 0 Å². The zero-order chi connectivity index (χ0) is 17.6. The third-order valence-electron chi connectivity index (χ3n) is 5.51. The molecule has 1 heterocycles. The molecule has 2 aliphatic rings. The number of hydrogen-bond donors (Lipinski definition) is 2. The lowest BCUT2D eigenvalue weighted by Crippen LogP contribution is -3.23. The Bertz CT molecular complexity index is 661. The Labute approximate surface area is 151 Å². The van der Waals surface area contributed by atoms with Crippen molar-refractivity contribution in [1.82, 2.24) is 4.72 Å². The number of hydrogen-bond acceptors (Lipinski definition) is 3. The van der Waals surface area contributed by atoms with E-state index < -0.39 is 10.0 Å². The van der Waals surface area contributed by atoms with Gasteiger partial charge in [-0.3, -0.25) is 0 Å². The quantitative estimate of drug-likeness (QED) is 0.796. The van der Waals surface area contributed by atoms with Crippen molar-refractivity contribution in [1.29, 1.82) is 0 Å². The van der Waals surface area contributed by atoms with E-state index in [-0.39, 0.29) is 5.54 Å². The molecule has 0 unspecified atom stereocenters. The molecule has 1 aliphatic carbocycles. The van der Waals surface area contributed by atoms with Crippen molar-refractivity contribution in [2.45, 2.75) is 37.6 Å². The summed E-state index contributed by atoms with van der Waals surface area (Å²) in [5.41, 5.74) is 0.912. The van der Waals surface area contributed by atoms with Gasteiger partial charge in [0.2, 0.25) is 10.0 Å². The zero-order valence-corrected chi connectivity index (χ0v) is 15.6. The Hall–Kier alpha value is -1.21. The summed E-state index contributed by atoms with van der Waals surface area (Å²) in [5.74, 6) is 0. The maximum atomic E-state index is 12.4. The van der Waals surface area contributed by atoms with Gasteiger partial charge in [-0.1, -0.05) is 36.8 Å². The molecule has 1 aromatic carbocycles. The molecule has 1 aliphatic heterocycles. The van der Waals surface area contributed by atoms with Crippen LogP contribution in [0.25, 0.3) is 6.08 Å². The maximum absolute atomic E-state index is 12.4. The van der Waals surface area contributed by atoms with Gasteiger partial charge >= 0.3 is 0 Å². The fourth-order valence-corrected chi connectivity index (χ4v) is 4.96. The molecule has 5 nitrogen and oxygen atoms in total. The maximum Gasteiger partial charge on any atom is 0.233 e. The summed E-state index contributed by atoms with van der Waals surface area (Å²) >= 11 is 0. The number of benzene rings is 1. The number of nitrogens with one attached hydrogen (secondary N) is 2. The smallest absolute Gasteiger partial charge is 0.233 e. The van der Waals surface area contributed by atoms with Crippen LogP contribution >= 0.6 is 0 Å². The second-order valence-electron chi connectivity index (χ2n) is 7.14. The molecular formula is C19H29N2O3S+. The molecule has 25 heavy (non-hydrogen) atoms. The Morgan fingerprint density at radius 2 is 1.76 bits per heavy atom. The highest BCUT2D eigenvalue weighted by Crippen LogP contribution is 2.25. The van der Waals surface area contributed by atoms with E-state index in [0.29, 0.717) is 6.54 Å². The summed E-state index contributed by atoms with van der Waals surface area (Å²) in [6, 6.07) is 9.51. The molecule has 0 amide bonds. The van der Waals surface area contributed by atoms with Gasteiger partial charge in [-0.05, 0) is 24.5 Å². The lowest BCUT2D eigenvalue weighted by Gasteiger charge is -2.44. The van der Waals surface area contributed by atoms with Crippen LogP contribution in [0.5, 0.6) is 0 Å². The fraction of sp³-hybridized carbons (Fsp3) is 0.579. The van der Waals surface area contributed by atoms with Crippen molar-refractivity contribution >= 4 is 16.1 Å². The van der Waals surface area contributed by atoms with Crippen molar-refractivity contribution in [2.75, 3.05) is 32.8 Å². The van der Waals surface area contributed by atoms with Crippen LogP contribution in [0.2, 0.25) is 0 Å². The first-order valence-electron chi connectivity index (χ1n) is 9.25. The van der Waals surface area contributed by atoms with E-state index >= 15 is 0 Å². The first kappa shape index (κ1) is 18.6. The Morgan fingerprint density at radius 1 is 1.08 bits per heavy atom. The molecule has 0 bridgehead atoms. The first-order chi connectivity index (χ1) is 12.1. The van der Waals surface area contributed by atoms with Gasteiger partial charge < -0.3 is 9.64 Å². The first-order valence-corrected chi connectivity index (χ1v) is 10.8. The van der Waals surface area contributed by atoms with Crippen LogP contribution in [-0.2, 0) is 14.8 Å². The Morgan fingerprint density at radius 3 is 2.44 bits per heavy atom. The molecule has 138 valence electrons. The molecule has 0 atom stereocenters. The number of morpholine rings is 1. The fourth-order valence-electron chi connectivity index (χ4n) is 4.05. The molecule has 1 aromatic rings. The van der Waals surface area contributed by atoms with E-state index in [4.69, 9.17) is 4.74 Å². The second kappa shape index (κ2) is 8.45. The van der Waals surface area contributed by atoms with E-state index in [1.165, 1.54) is 29.6 Å². The molecular weight excluding hydrogens is 336 g/mol. The van der Waals surface area contributed by atoms with Crippen molar-refractivity contribution in [3.05, 3.63) is 41.3 Å². The standard InChI is InChI=1S/C19H28N2O3S/c22-25(23,16-9-18-7-3-1-4-8-18)20-17-19(10-5-2-6-11-19)21-12-14-24-15-13-21/h1,3-4,7-9,16,20H,2,5-6,10-15,17H2/p+1/b16-9+. The number of quaternary nitrogens is 1. The van der Waals surface area contributed by atoms with Crippen molar-refractivity contribution in [3.63, 3.8) is 0 Å². The van der Waals surface area contributed by atoms with Gasteiger partial charge in [0, 0.05) is 18.2 Å². The molecule has 0 spiro atoms. The molecule has 1 saturated carbocycles. The molecule has 0 aromatic heterocycles. The minimum atomic E-state index is -3.43. The van der Waals surface area contributed by atoms with Gasteiger partial charge in [0.15, 0.2) is 0 Å². The van der Waals surface area contributed by atoms with Crippen LogP contribution in [0.4, 0.5) is 0 Å². The molecule has 3 rings (SSSR count). The predicted octanol–water partition coefficient (Wildman–Crippen LogP) is 1.19. The topological polar surface area (TPSA) is 59.8 Å². The Balaban J connectivity index is 1.66. The second-order valence-corrected chi connectivity index (χ2v) is 8.79. The summed E-state index contributed by atoms with van der Waals surface area (Å²) in [6.45, 7) is 4.02. The monoisotopic (exact) mass is 365 g/mol. The lowest BCUT2D eigenvalue weighted by molar-refractivity contribution is -0.960. The summed E-state index contributed by atoms with van der Waals surface area (Å²) in [6.07, 6.45) is 7.46. The summed E-state index contributed by atoms with van der Waals surface area (Å²) < 4.78 is 33.2. The average molecular weight is 366 g/mol. The summed E-state index contributed by atoms with van der Waals surface area (Å²) in [5, 5.41) is 1.29. The van der Waals surface area contributed by atoms with Crippen molar-refractivity contribution in [2.24, 2.45) is 0 Å². The van der Waals surface area contributed by atoms with Gasteiger partial charge in [0.1, 0.15) is 18.6 Å². The van der Waals surface area contributed by atoms with Crippen LogP contribution < -0.4 is 9.62 Å². The van der Waals surface area contributed by atoms with Crippen LogP contribution in [0.3, 0.4) is 0 Å². The van der Waals surface area contributed by atoms with Crippen LogP contribution in [0.1, 0.15) is 37.7 Å². The Kier molecular flexibility index (Phi) is 6.28. The van der Waals surface area contributed by atoms with E-state index in [9.17, 15) is 8.42 Å². The minimum Gasteiger partial charge on any atom is -0.370 e. The van der Waals surface area contributed by atoms with E-state index in [2.05, 4.69) is 4.72 Å². The summed E-state index contributed by atoms with van der Waals surface area (Å²) in [7, 11) is -3.43. The molecule has 2 N–H and O–H groups in total. The van der Waals surface area contributed by atoms with E-state index in [1.807, 2.05) is 30.3 Å². The van der Waals surface area contributed by atoms with Gasteiger partial charge in [-0.25, -0.2) is 13.1 Å². The SMILES string of the molecule is O=S(=O)(/C=C/c1ccccc1)NCC1([NH+]2CCOCC2)CCCCC1. The molecule has 2 fully saturated rings. The minimum absolute atomic E-state index is 0.0235. The van der Waals surface area contributed by atoms with Crippen LogP contribution in [0, 0.1) is 0 Å². The number of ether oxygens (including phenoxy) is 1. The summed E-state index contributed by atoms with van der Waals surface area (Å²) in [4.78, 5) is 1.51. The van der Waals surface area contributed by atoms with Gasteiger partial charge in [-0.15, -0.1) is 0 Å². The lowest BCUT2D eigenvalue weighted by atomic mass is 9.80. The van der Waals surface area contributed by atoms with E-state index in [1.54, 1.807) is 6.08 Å². The van der Waals surface area contributed by atoms with Gasteiger partial charge in [0.05, 0.1) is 19.8 Å². The molecule has 6 heteroatoms. The highest BCUT2D eigenvalue weighted by molar-refractivity contribution is 7.92. The largest absolute Gasteiger partial charge is 0.370 e. The van der Waals surface area contributed by atoms with Crippen LogP contribution in [-0.4, -0.2) is 46.8 Å². The molecule has 1 saturated heterocycles. The highest BCUT2D eigenvalue weighted by Gasteiger charge is 2.42. The average Bonchev–Trinajstić information content (AvgIpc) is 2.67. The highest BCUT2D eigenvalue weighted by atomic mass is 32.2. The van der Waals surface area contributed by atoms with Gasteiger partial charge in [-0.2, -0.15) is 0 Å². The molecule has 0 radical (unpaired) electrons. The van der Waals surface area contributed by atoms with Crippen molar-refractivity contribution < 1.29 is 18.1 Å². The third kappa shape index (κ3) is 5.14. The zero-order valence-electron chi connectivity index (χ0n) is 14.7. The third-order valence-corrected chi connectivity index (χ3v) is 6.55.